The molecule has 0 fully saturated rings. The molecule has 0 amide bonds. The molecule has 0 radical (unpaired) electrons. The molecule has 0 saturated heterocycles. The summed E-state index contributed by atoms with van der Waals surface area (Å²) >= 11 is 1.67. The predicted molar refractivity (Wildman–Crippen MR) is 88.4 cm³/mol. The van der Waals surface area contributed by atoms with Crippen LogP contribution in [0.5, 0.6) is 0 Å². The molecule has 4 nitrogen and oxygen atoms in total. The topological polar surface area (TPSA) is 49.4 Å². The van der Waals surface area contributed by atoms with Gasteiger partial charge < -0.3 is 5.32 Å². The fourth-order valence-corrected chi connectivity index (χ4v) is 3.82. The summed E-state index contributed by atoms with van der Waals surface area (Å²) < 4.78 is 25.9. The van der Waals surface area contributed by atoms with Gasteiger partial charge in [0.15, 0.2) is 0 Å². The largest absolute Gasteiger partial charge is 0.381 e. The van der Waals surface area contributed by atoms with Crippen LogP contribution in [0.4, 0.5) is 5.69 Å². The summed E-state index contributed by atoms with van der Waals surface area (Å²) in [5, 5.41) is 7.47. The average Bonchev–Trinajstić information content (AvgIpc) is 2.91. The predicted octanol–water partition coefficient (Wildman–Crippen LogP) is 3.04. The number of anilines is 1. The third-order valence-electron chi connectivity index (χ3n) is 3.17. The number of nitrogens with zero attached hydrogens (tertiary/aromatic N) is 1. The Bertz CT molecular complexity index is 679. The van der Waals surface area contributed by atoms with E-state index in [9.17, 15) is 8.42 Å². The van der Waals surface area contributed by atoms with E-state index in [2.05, 4.69) is 23.7 Å². The molecule has 0 aliphatic heterocycles. The molecule has 6 heteroatoms. The Hall–Kier alpha value is -1.37. The van der Waals surface area contributed by atoms with E-state index < -0.39 is 10.0 Å². The molecule has 0 bridgehead atoms. The molecule has 2 aromatic rings. The molecule has 1 aromatic carbocycles. The van der Waals surface area contributed by atoms with Crippen LogP contribution < -0.4 is 5.32 Å². The van der Waals surface area contributed by atoms with Gasteiger partial charge in [0, 0.05) is 20.1 Å². The van der Waals surface area contributed by atoms with Crippen LogP contribution in [0.15, 0.2) is 46.0 Å². The number of sulfonamides is 1. The minimum absolute atomic E-state index is 0.151. The normalized spacial score (nSPS) is 13.3. The summed E-state index contributed by atoms with van der Waals surface area (Å²) in [7, 11) is -0.357. The second-order valence-corrected chi connectivity index (χ2v) is 8.06. The van der Waals surface area contributed by atoms with Gasteiger partial charge in [-0.15, -0.1) is 0 Å². The molecule has 1 heterocycles. The van der Waals surface area contributed by atoms with E-state index in [4.69, 9.17) is 0 Å². The van der Waals surface area contributed by atoms with E-state index in [1.54, 1.807) is 43.6 Å². The van der Waals surface area contributed by atoms with Crippen molar-refractivity contribution < 1.29 is 8.42 Å². The summed E-state index contributed by atoms with van der Waals surface area (Å²) in [4.78, 5) is 0.312. The van der Waals surface area contributed by atoms with Gasteiger partial charge in [0.05, 0.1) is 5.69 Å². The first-order chi connectivity index (χ1) is 9.91. The quantitative estimate of drug-likeness (QED) is 0.888. The third-order valence-corrected chi connectivity index (χ3v) is 5.77. The van der Waals surface area contributed by atoms with Crippen molar-refractivity contribution >= 4 is 27.0 Å². The van der Waals surface area contributed by atoms with Crippen molar-refractivity contribution in [2.45, 2.75) is 24.3 Å². The zero-order chi connectivity index (χ0) is 15.5. The highest BCUT2D eigenvalue weighted by molar-refractivity contribution is 7.89. The van der Waals surface area contributed by atoms with Crippen LogP contribution in [-0.4, -0.2) is 32.9 Å². The molecule has 0 saturated carbocycles. The highest BCUT2D eigenvalue weighted by Crippen LogP contribution is 2.24. The van der Waals surface area contributed by atoms with Gasteiger partial charge in [-0.3, -0.25) is 0 Å². The molecule has 2 rings (SSSR count). The van der Waals surface area contributed by atoms with Gasteiger partial charge in [-0.1, -0.05) is 12.1 Å². The van der Waals surface area contributed by atoms with Crippen molar-refractivity contribution in [2.24, 2.45) is 0 Å². The van der Waals surface area contributed by atoms with Gasteiger partial charge in [-0.25, -0.2) is 12.7 Å². The number of thiophene rings is 1. The van der Waals surface area contributed by atoms with Crippen LogP contribution in [0, 0.1) is 0 Å². The number of benzene rings is 1. The zero-order valence-electron chi connectivity index (χ0n) is 12.4. The van der Waals surface area contributed by atoms with Crippen LogP contribution in [0.2, 0.25) is 0 Å². The van der Waals surface area contributed by atoms with Gasteiger partial charge in [0.1, 0.15) is 4.90 Å². The highest BCUT2D eigenvalue weighted by atomic mass is 32.2. The Morgan fingerprint density at radius 2 is 1.95 bits per heavy atom. The third kappa shape index (κ3) is 3.84. The van der Waals surface area contributed by atoms with Crippen molar-refractivity contribution in [3.8, 4) is 0 Å². The van der Waals surface area contributed by atoms with Crippen molar-refractivity contribution in [3.63, 3.8) is 0 Å². The maximum Gasteiger partial charge on any atom is 0.244 e. The number of para-hydroxylation sites is 1. The maximum absolute atomic E-state index is 12.3. The molecular weight excluding hydrogens is 304 g/mol. The van der Waals surface area contributed by atoms with E-state index in [1.165, 1.54) is 9.87 Å². The van der Waals surface area contributed by atoms with Gasteiger partial charge in [-0.05, 0) is 47.9 Å². The van der Waals surface area contributed by atoms with E-state index in [0.717, 1.165) is 6.42 Å². The van der Waals surface area contributed by atoms with Crippen molar-refractivity contribution in [3.05, 3.63) is 46.7 Å². The van der Waals surface area contributed by atoms with E-state index >= 15 is 0 Å². The number of hydrogen-bond acceptors (Lipinski definition) is 4. The second-order valence-electron chi connectivity index (χ2n) is 5.16. The lowest BCUT2D eigenvalue weighted by molar-refractivity contribution is 0.521. The van der Waals surface area contributed by atoms with Crippen molar-refractivity contribution in [2.75, 3.05) is 19.4 Å². The lowest BCUT2D eigenvalue weighted by Gasteiger charge is -2.19. The molecule has 1 N–H and O–H groups in total. The minimum atomic E-state index is -3.44. The summed E-state index contributed by atoms with van der Waals surface area (Å²) in [6, 6.07) is 9.26. The van der Waals surface area contributed by atoms with Crippen LogP contribution >= 0.6 is 11.3 Å². The van der Waals surface area contributed by atoms with Crippen molar-refractivity contribution in [1.82, 2.24) is 4.31 Å². The lowest BCUT2D eigenvalue weighted by Crippen LogP contribution is -2.25. The van der Waals surface area contributed by atoms with E-state index in [1.807, 2.05) is 11.4 Å². The smallest absolute Gasteiger partial charge is 0.244 e. The highest BCUT2D eigenvalue weighted by Gasteiger charge is 2.21. The first kappa shape index (κ1) is 16.0. The Balaban J connectivity index is 2.21. The molecule has 1 aromatic heterocycles. The van der Waals surface area contributed by atoms with Crippen LogP contribution in [0.3, 0.4) is 0 Å². The fourth-order valence-electron chi connectivity index (χ4n) is 2.09. The SMILES string of the molecule is CC(Cc1ccsc1)Nc1ccccc1S(=O)(=O)N(C)C. The van der Waals surface area contributed by atoms with Gasteiger partial charge >= 0.3 is 0 Å². The Morgan fingerprint density at radius 3 is 2.57 bits per heavy atom. The Morgan fingerprint density at radius 1 is 1.24 bits per heavy atom. The standard InChI is InChI=1S/C15H20N2O2S2/c1-12(10-13-8-9-20-11-13)16-14-6-4-5-7-15(14)21(18,19)17(2)3/h4-9,11-12,16H,10H2,1-3H3. The van der Waals surface area contributed by atoms with Crippen molar-refractivity contribution in [1.29, 1.82) is 0 Å². The molecule has 0 aliphatic carbocycles. The monoisotopic (exact) mass is 324 g/mol. The van der Waals surface area contributed by atoms with E-state index in [-0.39, 0.29) is 6.04 Å². The van der Waals surface area contributed by atoms with Crippen LogP contribution in [0.1, 0.15) is 12.5 Å². The molecule has 1 atom stereocenters. The average molecular weight is 324 g/mol. The Labute approximate surface area is 130 Å². The van der Waals surface area contributed by atoms with Gasteiger partial charge in [0.25, 0.3) is 0 Å². The molecule has 0 aliphatic rings. The second kappa shape index (κ2) is 6.60. The maximum atomic E-state index is 12.3. The summed E-state index contributed by atoms with van der Waals surface area (Å²) in [5.41, 5.74) is 1.90. The van der Waals surface area contributed by atoms with Gasteiger partial charge in [0.2, 0.25) is 10.0 Å². The number of rotatable bonds is 6. The van der Waals surface area contributed by atoms with E-state index in [0.29, 0.717) is 10.6 Å². The lowest BCUT2D eigenvalue weighted by atomic mass is 10.1. The molecule has 114 valence electrons. The minimum Gasteiger partial charge on any atom is -0.381 e. The van der Waals surface area contributed by atoms with Gasteiger partial charge in [-0.2, -0.15) is 11.3 Å². The Kier molecular flexibility index (Phi) is 5.03. The first-order valence-electron chi connectivity index (χ1n) is 6.70. The van der Waals surface area contributed by atoms with Crippen LogP contribution in [-0.2, 0) is 16.4 Å². The molecule has 21 heavy (non-hydrogen) atoms. The van der Waals surface area contributed by atoms with Crippen LogP contribution in [0.25, 0.3) is 0 Å². The number of nitrogens with one attached hydrogen (secondary N) is 1. The summed E-state index contributed by atoms with van der Waals surface area (Å²) in [6.45, 7) is 2.05. The molecule has 0 spiro atoms. The zero-order valence-corrected chi connectivity index (χ0v) is 14.0. The summed E-state index contributed by atoms with van der Waals surface area (Å²) in [6.07, 6.45) is 0.861. The fraction of sp³-hybridized carbons (Fsp3) is 0.333. The molecular formula is C15H20N2O2S2. The summed E-state index contributed by atoms with van der Waals surface area (Å²) in [5.74, 6) is 0. The number of hydrogen-bond donors (Lipinski definition) is 1. The molecule has 1 unspecified atom stereocenters. The first-order valence-corrected chi connectivity index (χ1v) is 9.08.